The highest BCUT2D eigenvalue weighted by atomic mass is 35.5. The Hall–Kier alpha value is -0.890. The third-order valence-corrected chi connectivity index (χ3v) is 1.85. The Bertz CT molecular complexity index is 296. The lowest BCUT2D eigenvalue weighted by Crippen LogP contribution is -1.75. The third kappa shape index (κ3) is 11.0. The molecule has 0 aromatic heterocycles. The summed E-state index contributed by atoms with van der Waals surface area (Å²) in [5.41, 5.74) is 0. The van der Waals surface area contributed by atoms with E-state index < -0.39 is 0 Å². The highest BCUT2D eigenvalue weighted by molar-refractivity contribution is 6.32. The lowest BCUT2D eigenvalue weighted by atomic mass is 10.2. The van der Waals surface area contributed by atoms with Gasteiger partial charge in [0.2, 0.25) is 0 Å². The predicted molar refractivity (Wildman–Crippen MR) is 65.3 cm³/mol. The van der Waals surface area contributed by atoms with Crippen molar-refractivity contribution in [2.75, 3.05) is 6.61 Å². The van der Waals surface area contributed by atoms with Gasteiger partial charge in [0.25, 0.3) is 0 Å². The molecule has 0 unspecified atom stereocenters. The smallest absolute Gasteiger partial charge is 0.0987 e. The zero-order valence-corrected chi connectivity index (χ0v) is 9.90. The maximum Gasteiger partial charge on any atom is 0.0987 e. The van der Waals surface area contributed by atoms with Crippen LogP contribution in [0.5, 0.6) is 0 Å². The molecular weight excluding hydrogens is 208 g/mol. The van der Waals surface area contributed by atoms with E-state index in [1.807, 2.05) is 0 Å². The van der Waals surface area contributed by atoms with Gasteiger partial charge in [0, 0.05) is 18.9 Å². The van der Waals surface area contributed by atoms with Gasteiger partial charge >= 0.3 is 0 Å². The van der Waals surface area contributed by atoms with Gasteiger partial charge in [-0.1, -0.05) is 55.0 Å². The molecule has 0 saturated heterocycles. The van der Waals surface area contributed by atoms with Gasteiger partial charge in [-0.05, 0) is 6.42 Å². The van der Waals surface area contributed by atoms with Crippen molar-refractivity contribution in [1.82, 2.24) is 0 Å². The van der Waals surface area contributed by atoms with E-state index in [0.29, 0.717) is 11.5 Å². The highest BCUT2D eigenvalue weighted by Gasteiger charge is 1.82. The average Bonchev–Trinajstić information content (AvgIpc) is 2.23. The molecule has 0 spiro atoms. The summed E-state index contributed by atoms with van der Waals surface area (Å²) in [6.45, 7) is 2.24. The SMILES string of the molecule is CCCCCC#C/C=C(/Cl)C#CCCO. The van der Waals surface area contributed by atoms with Gasteiger partial charge in [0.05, 0.1) is 11.6 Å². The molecule has 0 fully saturated rings. The Labute approximate surface area is 97.5 Å². The molecule has 0 aliphatic rings. The summed E-state index contributed by atoms with van der Waals surface area (Å²) in [5, 5.41) is 8.92. The second-order valence-electron chi connectivity index (χ2n) is 3.05. The molecule has 0 bridgehead atoms. The topological polar surface area (TPSA) is 20.2 Å². The zero-order chi connectivity index (χ0) is 11.4. The summed E-state index contributed by atoms with van der Waals surface area (Å²) in [6.07, 6.45) is 6.56. The van der Waals surface area contributed by atoms with E-state index in [1.54, 1.807) is 6.08 Å². The zero-order valence-electron chi connectivity index (χ0n) is 9.15. The van der Waals surface area contributed by atoms with Crippen molar-refractivity contribution in [2.45, 2.75) is 39.0 Å². The molecule has 0 aromatic rings. The number of unbranched alkanes of at least 4 members (excludes halogenated alkanes) is 3. The van der Waals surface area contributed by atoms with E-state index in [4.69, 9.17) is 16.7 Å². The summed E-state index contributed by atoms with van der Waals surface area (Å²) in [4.78, 5) is 0. The molecule has 0 rings (SSSR count). The van der Waals surface area contributed by atoms with E-state index in [-0.39, 0.29) is 6.61 Å². The molecule has 0 saturated carbocycles. The van der Waals surface area contributed by atoms with Crippen molar-refractivity contribution in [3.05, 3.63) is 11.1 Å². The van der Waals surface area contributed by atoms with Crippen molar-refractivity contribution in [3.63, 3.8) is 0 Å². The first-order chi connectivity index (χ1) is 7.31. The summed E-state index contributed by atoms with van der Waals surface area (Å²) < 4.78 is 0. The Morgan fingerprint density at radius 3 is 2.73 bits per heavy atom. The molecule has 0 aromatic carbocycles. The number of aliphatic hydroxyl groups excluding tert-OH is 1. The lowest BCUT2D eigenvalue weighted by Gasteiger charge is -1.87. The molecule has 0 aliphatic heterocycles. The standard InChI is InChI=1S/C13H17ClO/c1-2-3-4-5-6-7-10-13(14)11-8-9-12-15/h10,15H,2-5,9,12H2,1H3/b13-10+. The summed E-state index contributed by atoms with van der Waals surface area (Å²) >= 11 is 5.76. The fraction of sp³-hybridized carbons (Fsp3) is 0.538. The Kier molecular flexibility index (Phi) is 10.5. The Morgan fingerprint density at radius 2 is 2.07 bits per heavy atom. The number of rotatable bonds is 4. The molecule has 0 amide bonds. The molecule has 1 nitrogen and oxygen atoms in total. The Balaban J connectivity index is 3.79. The van der Waals surface area contributed by atoms with E-state index in [9.17, 15) is 0 Å². The number of aliphatic hydroxyl groups is 1. The third-order valence-electron chi connectivity index (χ3n) is 1.65. The van der Waals surface area contributed by atoms with Crippen LogP contribution in [0.2, 0.25) is 0 Å². The fourth-order valence-electron chi connectivity index (χ4n) is 0.889. The maximum atomic E-state index is 8.48. The first-order valence-electron chi connectivity index (χ1n) is 5.25. The molecule has 0 radical (unpaired) electrons. The fourth-order valence-corrected chi connectivity index (χ4v) is 1.01. The van der Waals surface area contributed by atoms with Gasteiger partial charge in [0.1, 0.15) is 0 Å². The van der Waals surface area contributed by atoms with Gasteiger partial charge in [0.15, 0.2) is 0 Å². The predicted octanol–water partition coefficient (Wildman–Crippen LogP) is 3.08. The first-order valence-corrected chi connectivity index (χ1v) is 5.62. The molecule has 0 heterocycles. The van der Waals surface area contributed by atoms with Gasteiger partial charge in [-0.15, -0.1) is 0 Å². The largest absolute Gasteiger partial charge is 0.395 e. The molecule has 2 heteroatoms. The first kappa shape index (κ1) is 14.1. The summed E-state index contributed by atoms with van der Waals surface area (Å²) in [5.74, 6) is 11.3. The van der Waals surface area contributed by atoms with E-state index in [0.717, 1.165) is 12.8 Å². The minimum absolute atomic E-state index is 0.0693. The minimum Gasteiger partial charge on any atom is -0.395 e. The molecule has 1 N–H and O–H groups in total. The summed E-state index contributed by atoms with van der Waals surface area (Å²) in [7, 11) is 0. The van der Waals surface area contributed by atoms with Crippen LogP contribution in [0.25, 0.3) is 0 Å². The average molecular weight is 225 g/mol. The van der Waals surface area contributed by atoms with Gasteiger partial charge in [-0.2, -0.15) is 0 Å². The second kappa shape index (κ2) is 11.2. The molecule has 0 atom stereocenters. The number of hydrogen-bond donors (Lipinski definition) is 1. The Morgan fingerprint density at radius 1 is 1.27 bits per heavy atom. The van der Waals surface area contributed by atoms with Gasteiger partial charge < -0.3 is 5.11 Å². The second-order valence-corrected chi connectivity index (χ2v) is 3.45. The van der Waals surface area contributed by atoms with E-state index in [2.05, 4.69) is 30.6 Å². The van der Waals surface area contributed by atoms with Crippen LogP contribution in [-0.2, 0) is 0 Å². The monoisotopic (exact) mass is 224 g/mol. The molecule has 15 heavy (non-hydrogen) atoms. The van der Waals surface area contributed by atoms with Gasteiger partial charge in [-0.25, -0.2) is 0 Å². The van der Waals surface area contributed by atoms with Crippen LogP contribution in [0.4, 0.5) is 0 Å². The van der Waals surface area contributed by atoms with E-state index >= 15 is 0 Å². The quantitative estimate of drug-likeness (QED) is 0.575. The van der Waals surface area contributed by atoms with Crippen LogP contribution in [-0.4, -0.2) is 11.7 Å². The summed E-state index contributed by atoms with van der Waals surface area (Å²) in [6, 6.07) is 0. The van der Waals surface area contributed by atoms with Crippen LogP contribution in [0.3, 0.4) is 0 Å². The van der Waals surface area contributed by atoms with Crippen molar-refractivity contribution in [1.29, 1.82) is 0 Å². The minimum atomic E-state index is 0.0693. The van der Waals surface area contributed by atoms with Gasteiger partial charge in [-0.3, -0.25) is 0 Å². The number of allylic oxidation sites excluding steroid dienone is 2. The van der Waals surface area contributed by atoms with Crippen LogP contribution in [0.15, 0.2) is 11.1 Å². The maximum absolute atomic E-state index is 8.48. The van der Waals surface area contributed by atoms with Crippen LogP contribution in [0, 0.1) is 23.7 Å². The molecule has 82 valence electrons. The van der Waals surface area contributed by atoms with Crippen LogP contribution in [0.1, 0.15) is 39.0 Å². The molecular formula is C13H17ClO. The number of halogens is 1. The van der Waals surface area contributed by atoms with Crippen molar-refractivity contribution in [3.8, 4) is 23.7 Å². The lowest BCUT2D eigenvalue weighted by molar-refractivity contribution is 0.305. The van der Waals surface area contributed by atoms with Crippen LogP contribution >= 0.6 is 11.6 Å². The van der Waals surface area contributed by atoms with Crippen molar-refractivity contribution >= 4 is 11.6 Å². The highest BCUT2D eigenvalue weighted by Crippen LogP contribution is 1.99. The van der Waals surface area contributed by atoms with Crippen molar-refractivity contribution < 1.29 is 5.11 Å². The molecule has 0 aliphatic carbocycles. The normalized spacial score (nSPS) is 9.93. The van der Waals surface area contributed by atoms with Crippen molar-refractivity contribution in [2.24, 2.45) is 0 Å². The van der Waals surface area contributed by atoms with Crippen LogP contribution < -0.4 is 0 Å². The number of hydrogen-bond acceptors (Lipinski definition) is 1. The van der Waals surface area contributed by atoms with E-state index in [1.165, 1.54) is 12.8 Å².